The van der Waals surface area contributed by atoms with Crippen molar-refractivity contribution in [3.63, 3.8) is 0 Å². The minimum Gasteiger partial charge on any atom is -0.507 e. The molecule has 0 saturated carbocycles. The molecule has 0 unspecified atom stereocenters. The average molecular weight is 251 g/mol. The SMILES string of the molecule is Cc1c(-c2ccncc2)ccc(O)c1-c1cn[nH]c1. The summed E-state index contributed by atoms with van der Waals surface area (Å²) in [5.41, 5.74) is 4.87. The molecule has 3 rings (SSSR count). The maximum atomic E-state index is 10.1. The molecule has 0 atom stereocenters. The number of hydrogen-bond donors (Lipinski definition) is 2. The molecule has 4 heteroatoms. The lowest BCUT2D eigenvalue weighted by Crippen LogP contribution is -1.89. The van der Waals surface area contributed by atoms with Crippen LogP contribution < -0.4 is 0 Å². The van der Waals surface area contributed by atoms with Crippen molar-refractivity contribution >= 4 is 0 Å². The number of nitrogens with zero attached hydrogens (tertiary/aromatic N) is 2. The first-order valence-electron chi connectivity index (χ1n) is 5.99. The summed E-state index contributed by atoms with van der Waals surface area (Å²) in [6, 6.07) is 7.55. The molecular weight excluding hydrogens is 238 g/mol. The van der Waals surface area contributed by atoms with Gasteiger partial charge < -0.3 is 5.11 Å². The topological polar surface area (TPSA) is 61.8 Å². The highest BCUT2D eigenvalue weighted by Gasteiger charge is 2.13. The summed E-state index contributed by atoms with van der Waals surface area (Å²) in [6.07, 6.45) is 7.01. The summed E-state index contributed by atoms with van der Waals surface area (Å²) >= 11 is 0. The predicted octanol–water partition coefficient (Wildman–Crippen LogP) is 3.15. The average Bonchev–Trinajstić information content (AvgIpc) is 2.94. The third-order valence-electron chi connectivity index (χ3n) is 3.22. The molecule has 0 radical (unpaired) electrons. The number of nitrogens with one attached hydrogen (secondary N) is 1. The molecule has 2 N–H and O–H groups in total. The third kappa shape index (κ3) is 1.97. The smallest absolute Gasteiger partial charge is 0.123 e. The van der Waals surface area contributed by atoms with Crippen LogP contribution in [0.4, 0.5) is 0 Å². The summed E-state index contributed by atoms with van der Waals surface area (Å²) in [5.74, 6) is 0.261. The highest BCUT2D eigenvalue weighted by molar-refractivity contribution is 5.81. The first-order valence-corrected chi connectivity index (χ1v) is 5.99. The normalized spacial score (nSPS) is 10.6. The van der Waals surface area contributed by atoms with Crippen molar-refractivity contribution in [3.05, 3.63) is 54.6 Å². The Morgan fingerprint density at radius 2 is 1.84 bits per heavy atom. The highest BCUT2D eigenvalue weighted by atomic mass is 16.3. The van der Waals surface area contributed by atoms with Gasteiger partial charge in [-0.2, -0.15) is 5.10 Å². The van der Waals surface area contributed by atoms with Crippen molar-refractivity contribution in [2.45, 2.75) is 6.92 Å². The Morgan fingerprint density at radius 3 is 2.53 bits per heavy atom. The van der Waals surface area contributed by atoms with Crippen LogP contribution in [-0.2, 0) is 0 Å². The first kappa shape index (κ1) is 11.5. The number of H-pyrrole nitrogens is 1. The van der Waals surface area contributed by atoms with Crippen LogP contribution in [0.1, 0.15) is 5.56 Å². The van der Waals surface area contributed by atoms with E-state index in [1.807, 2.05) is 25.1 Å². The number of phenols is 1. The van der Waals surface area contributed by atoms with E-state index in [0.29, 0.717) is 0 Å². The second kappa shape index (κ2) is 4.57. The van der Waals surface area contributed by atoms with E-state index in [1.165, 1.54) is 0 Å². The van der Waals surface area contributed by atoms with E-state index in [2.05, 4.69) is 15.2 Å². The van der Waals surface area contributed by atoms with E-state index in [1.54, 1.807) is 30.9 Å². The summed E-state index contributed by atoms with van der Waals surface area (Å²) in [4.78, 5) is 4.03. The zero-order chi connectivity index (χ0) is 13.2. The van der Waals surface area contributed by atoms with Gasteiger partial charge in [0.2, 0.25) is 0 Å². The minimum atomic E-state index is 0.261. The fourth-order valence-electron chi connectivity index (χ4n) is 2.29. The Balaban J connectivity index is 2.22. The lowest BCUT2D eigenvalue weighted by molar-refractivity contribution is 0.477. The van der Waals surface area contributed by atoms with Crippen molar-refractivity contribution in [2.24, 2.45) is 0 Å². The van der Waals surface area contributed by atoms with Crippen LogP contribution in [0.15, 0.2) is 49.1 Å². The summed E-state index contributed by atoms with van der Waals surface area (Å²) in [6.45, 7) is 2.00. The molecule has 0 aliphatic carbocycles. The number of hydrogen-bond acceptors (Lipinski definition) is 3. The largest absolute Gasteiger partial charge is 0.507 e. The van der Waals surface area contributed by atoms with Gasteiger partial charge in [-0.05, 0) is 41.8 Å². The molecule has 19 heavy (non-hydrogen) atoms. The zero-order valence-corrected chi connectivity index (χ0v) is 10.5. The number of phenolic OH excluding ortho intramolecular Hbond substituents is 1. The van der Waals surface area contributed by atoms with Gasteiger partial charge in [0.15, 0.2) is 0 Å². The minimum absolute atomic E-state index is 0.261. The van der Waals surface area contributed by atoms with Crippen molar-refractivity contribution < 1.29 is 5.11 Å². The van der Waals surface area contributed by atoms with Crippen LogP contribution in [-0.4, -0.2) is 20.3 Å². The number of aromatic amines is 1. The number of rotatable bonds is 2. The quantitative estimate of drug-likeness (QED) is 0.735. The van der Waals surface area contributed by atoms with E-state index in [-0.39, 0.29) is 5.75 Å². The maximum absolute atomic E-state index is 10.1. The monoisotopic (exact) mass is 251 g/mol. The number of aromatic nitrogens is 3. The second-order valence-corrected chi connectivity index (χ2v) is 4.36. The summed E-state index contributed by atoms with van der Waals surface area (Å²) in [7, 11) is 0. The molecule has 0 aliphatic rings. The molecule has 0 bridgehead atoms. The lowest BCUT2D eigenvalue weighted by Gasteiger charge is -2.12. The highest BCUT2D eigenvalue weighted by Crippen LogP contribution is 2.37. The van der Waals surface area contributed by atoms with Crippen molar-refractivity contribution in [1.29, 1.82) is 0 Å². The third-order valence-corrected chi connectivity index (χ3v) is 3.22. The van der Waals surface area contributed by atoms with Crippen molar-refractivity contribution in [2.75, 3.05) is 0 Å². The fourth-order valence-corrected chi connectivity index (χ4v) is 2.29. The van der Waals surface area contributed by atoms with E-state index in [9.17, 15) is 5.11 Å². The first-order chi connectivity index (χ1) is 9.27. The van der Waals surface area contributed by atoms with Gasteiger partial charge in [0.1, 0.15) is 5.75 Å². The Kier molecular flexibility index (Phi) is 2.76. The Hall–Kier alpha value is -2.62. The second-order valence-electron chi connectivity index (χ2n) is 4.36. The molecule has 94 valence electrons. The van der Waals surface area contributed by atoms with Crippen LogP contribution in [0.5, 0.6) is 5.75 Å². The maximum Gasteiger partial charge on any atom is 0.123 e. The van der Waals surface area contributed by atoms with Crippen molar-refractivity contribution in [1.82, 2.24) is 15.2 Å². The van der Waals surface area contributed by atoms with Gasteiger partial charge in [-0.15, -0.1) is 0 Å². The molecule has 2 heterocycles. The Bertz CT molecular complexity index is 691. The number of benzene rings is 1. The van der Waals surface area contributed by atoms with Crippen LogP contribution in [0.25, 0.3) is 22.3 Å². The molecule has 1 aromatic carbocycles. The van der Waals surface area contributed by atoms with E-state index >= 15 is 0 Å². The summed E-state index contributed by atoms with van der Waals surface area (Å²) < 4.78 is 0. The van der Waals surface area contributed by atoms with Gasteiger partial charge >= 0.3 is 0 Å². The summed E-state index contributed by atoms with van der Waals surface area (Å²) in [5, 5.41) is 16.8. The van der Waals surface area contributed by atoms with E-state index < -0.39 is 0 Å². The van der Waals surface area contributed by atoms with Gasteiger partial charge in [-0.1, -0.05) is 6.07 Å². The molecule has 0 spiro atoms. The Morgan fingerprint density at radius 1 is 1.05 bits per heavy atom. The molecule has 0 fully saturated rings. The van der Waals surface area contributed by atoms with Gasteiger partial charge in [-0.25, -0.2) is 0 Å². The fraction of sp³-hybridized carbons (Fsp3) is 0.0667. The van der Waals surface area contributed by atoms with Crippen LogP contribution in [0.2, 0.25) is 0 Å². The predicted molar refractivity (Wildman–Crippen MR) is 73.7 cm³/mol. The van der Waals surface area contributed by atoms with Crippen LogP contribution in [0, 0.1) is 6.92 Å². The van der Waals surface area contributed by atoms with E-state index in [0.717, 1.165) is 27.8 Å². The van der Waals surface area contributed by atoms with Crippen LogP contribution in [0.3, 0.4) is 0 Å². The molecule has 0 saturated heterocycles. The molecule has 2 aromatic heterocycles. The zero-order valence-electron chi connectivity index (χ0n) is 10.5. The number of pyridine rings is 1. The van der Waals surface area contributed by atoms with Gasteiger partial charge in [0.25, 0.3) is 0 Å². The molecule has 0 amide bonds. The van der Waals surface area contributed by atoms with Crippen LogP contribution >= 0.6 is 0 Å². The van der Waals surface area contributed by atoms with Gasteiger partial charge in [-0.3, -0.25) is 10.1 Å². The molecule has 4 nitrogen and oxygen atoms in total. The molecular formula is C15H13N3O. The van der Waals surface area contributed by atoms with E-state index in [4.69, 9.17) is 0 Å². The van der Waals surface area contributed by atoms with Gasteiger partial charge in [0, 0.05) is 29.7 Å². The molecule has 0 aliphatic heterocycles. The Labute approximate surface area is 110 Å². The standard InChI is InChI=1S/C15H13N3O/c1-10-13(11-4-6-16-7-5-11)2-3-14(19)15(10)12-8-17-18-9-12/h2-9,19H,1H3,(H,17,18). The number of aromatic hydroxyl groups is 1. The van der Waals surface area contributed by atoms with Crippen molar-refractivity contribution in [3.8, 4) is 28.0 Å². The lowest BCUT2D eigenvalue weighted by atomic mass is 9.94. The van der Waals surface area contributed by atoms with Gasteiger partial charge in [0.05, 0.1) is 6.20 Å². The molecule has 3 aromatic rings.